The summed E-state index contributed by atoms with van der Waals surface area (Å²) in [5.74, 6) is 0.173. The van der Waals surface area contributed by atoms with Crippen molar-refractivity contribution in [1.29, 1.82) is 0 Å². The van der Waals surface area contributed by atoms with E-state index in [1.54, 1.807) is 0 Å². The smallest absolute Gasteiger partial charge is 0.222 e. The van der Waals surface area contributed by atoms with Crippen molar-refractivity contribution in [1.82, 2.24) is 10.2 Å². The lowest BCUT2D eigenvalue weighted by Crippen LogP contribution is -2.39. The van der Waals surface area contributed by atoms with E-state index in [2.05, 4.69) is 17.3 Å². The van der Waals surface area contributed by atoms with Crippen LogP contribution < -0.4 is 11.1 Å². The van der Waals surface area contributed by atoms with Crippen molar-refractivity contribution in [3.8, 4) is 0 Å². The van der Waals surface area contributed by atoms with Crippen LogP contribution in [0.3, 0.4) is 0 Å². The van der Waals surface area contributed by atoms with Crippen LogP contribution in [0.15, 0.2) is 0 Å². The third-order valence-corrected chi connectivity index (χ3v) is 3.76. The predicted molar refractivity (Wildman–Crippen MR) is 70.7 cm³/mol. The second-order valence-electron chi connectivity index (χ2n) is 5.19. The molecule has 0 saturated heterocycles. The standard InChI is InChI=1S/C13H27N3O/c1-11(7-8-14)13(17)15-9-10-16(2)12-5-3-4-6-12/h11-12H,3-10,14H2,1-2H3,(H,15,17). The second-order valence-corrected chi connectivity index (χ2v) is 5.19. The van der Waals surface area contributed by atoms with Gasteiger partial charge in [0.25, 0.3) is 0 Å². The van der Waals surface area contributed by atoms with Crippen LogP contribution in [0.4, 0.5) is 0 Å². The Morgan fingerprint density at radius 2 is 2.12 bits per heavy atom. The summed E-state index contributed by atoms with van der Waals surface area (Å²) in [6.45, 7) is 4.21. The van der Waals surface area contributed by atoms with Crippen LogP contribution in [-0.2, 0) is 4.79 Å². The molecule has 1 aliphatic carbocycles. The number of likely N-dealkylation sites (N-methyl/N-ethyl adjacent to an activating group) is 1. The van der Waals surface area contributed by atoms with E-state index in [1.165, 1.54) is 25.7 Å². The molecule has 4 heteroatoms. The highest BCUT2D eigenvalue weighted by Gasteiger charge is 2.19. The lowest BCUT2D eigenvalue weighted by molar-refractivity contribution is -0.124. The van der Waals surface area contributed by atoms with Gasteiger partial charge in [0.05, 0.1) is 0 Å². The normalized spacial score (nSPS) is 18.6. The molecule has 0 aliphatic heterocycles. The first-order valence-electron chi connectivity index (χ1n) is 6.83. The van der Waals surface area contributed by atoms with Gasteiger partial charge in [0.15, 0.2) is 0 Å². The minimum Gasteiger partial charge on any atom is -0.355 e. The summed E-state index contributed by atoms with van der Waals surface area (Å²) < 4.78 is 0. The van der Waals surface area contributed by atoms with Crippen LogP contribution in [0, 0.1) is 5.92 Å². The molecule has 3 N–H and O–H groups in total. The zero-order valence-electron chi connectivity index (χ0n) is 11.2. The maximum atomic E-state index is 11.7. The van der Waals surface area contributed by atoms with Crippen LogP contribution in [-0.4, -0.2) is 43.5 Å². The quantitative estimate of drug-likeness (QED) is 0.698. The Bertz CT molecular complexity index is 227. The number of nitrogens with two attached hydrogens (primary N) is 1. The van der Waals surface area contributed by atoms with E-state index < -0.39 is 0 Å². The van der Waals surface area contributed by atoms with E-state index in [-0.39, 0.29) is 11.8 Å². The summed E-state index contributed by atoms with van der Waals surface area (Å²) in [6.07, 6.45) is 6.11. The van der Waals surface area contributed by atoms with E-state index in [0.717, 1.165) is 25.6 Å². The van der Waals surface area contributed by atoms with Gasteiger partial charge in [-0.25, -0.2) is 0 Å². The van der Waals surface area contributed by atoms with E-state index in [0.29, 0.717) is 6.54 Å². The molecule has 0 spiro atoms. The Hall–Kier alpha value is -0.610. The highest BCUT2D eigenvalue weighted by atomic mass is 16.1. The maximum absolute atomic E-state index is 11.7. The van der Waals surface area contributed by atoms with Crippen molar-refractivity contribution in [2.45, 2.75) is 45.1 Å². The van der Waals surface area contributed by atoms with Gasteiger partial charge in [-0.1, -0.05) is 19.8 Å². The summed E-state index contributed by atoms with van der Waals surface area (Å²) in [5.41, 5.74) is 5.44. The van der Waals surface area contributed by atoms with Crippen LogP contribution in [0.25, 0.3) is 0 Å². The number of nitrogens with one attached hydrogen (secondary N) is 1. The summed E-state index contributed by atoms with van der Waals surface area (Å²) in [4.78, 5) is 14.0. The molecule has 0 aromatic heterocycles. The van der Waals surface area contributed by atoms with Gasteiger partial charge in [-0.2, -0.15) is 0 Å². The molecule has 1 saturated carbocycles. The van der Waals surface area contributed by atoms with E-state index in [1.807, 2.05) is 6.92 Å². The molecule has 0 radical (unpaired) electrons. The van der Waals surface area contributed by atoms with Gasteiger partial charge in [-0.05, 0) is 32.9 Å². The van der Waals surface area contributed by atoms with E-state index in [9.17, 15) is 4.79 Å². The third-order valence-electron chi connectivity index (χ3n) is 3.76. The van der Waals surface area contributed by atoms with E-state index >= 15 is 0 Å². The number of carbonyl (C=O) groups is 1. The average molecular weight is 241 g/mol. The zero-order chi connectivity index (χ0) is 12.7. The van der Waals surface area contributed by atoms with Gasteiger partial charge in [0, 0.05) is 25.0 Å². The fourth-order valence-electron chi connectivity index (χ4n) is 2.44. The molecular formula is C13H27N3O. The number of nitrogens with zero attached hydrogens (tertiary/aromatic N) is 1. The van der Waals surface area contributed by atoms with Gasteiger partial charge in [0.2, 0.25) is 5.91 Å². The van der Waals surface area contributed by atoms with Gasteiger partial charge < -0.3 is 16.0 Å². The molecule has 0 heterocycles. The minimum atomic E-state index is 0.0387. The van der Waals surface area contributed by atoms with Crippen molar-refractivity contribution in [2.75, 3.05) is 26.7 Å². The van der Waals surface area contributed by atoms with Gasteiger partial charge >= 0.3 is 0 Å². The summed E-state index contributed by atoms with van der Waals surface area (Å²) in [7, 11) is 2.16. The third kappa shape index (κ3) is 5.04. The molecule has 4 nitrogen and oxygen atoms in total. The van der Waals surface area contributed by atoms with Gasteiger partial charge in [-0.3, -0.25) is 4.79 Å². The number of hydrogen-bond acceptors (Lipinski definition) is 3. The largest absolute Gasteiger partial charge is 0.355 e. The van der Waals surface area contributed by atoms with Gasteiger partial charge in [0.1, 0.15) is 0 Å². The Balaban J connectivity index is 2.11. The minimum absolute atomic E-state index is 0.0387. The zero-order valence-corrected chi connectivity index (χ0v) is 11.2. The maximum Gasteiger partial charge on any atom is 0.222 e. The number of amides is 1. The van der Waals surface area contributed by atoms with Crippen LogP contribution in [0.1, 0.15) is 39.0 Å². The fourth-order valence-corrected chi connectivity index (χ4v) is 2.44. The Labute approximate surface area is 105 Å². The molecule has 1 aliphatic rings. The molecule has 1 fully saturated rings. The summed E-state index contributed by atoms with van der Waals surface area (Å²) in [5, 5.41) is 2.99. The topological polar surface area (TPSA) is 58.4 Å². The SMILES string of the molecule is CC(CCN)C(=O)NCCN(C)C1CCCC1. The Morgan fingerprint density at radius 1 is 1.47 bits per heavy atom. The first kappa shape index (κ1) is 14.5. The second kappa shape index (κ2) is 7.67. The number of hydrogen-bond donors (Lipinski definition) is 2. The molecule has 0 aromatic rings. The molecule has 100 valence electrons. The molecule has 1 amide bonds. The van der Waals surface area contributed by atoms with Crippen LogP contribution in [0.2, 0.25) is 0 Å². The Morgan fingerprint density at radius 3 is 2.71 bits per heavy atom. The van der Waals surface area contributed by atoms with Crippen molar-refractivity contribution in [3.05, 3.63) is 0 Å². The average Bonchev–Trinajstić information content (AvgIpc) is 2.82. The highest BCUT2D eigenvalue weighted by molar-refractivity contribution is 5.78. The van der Waals surface area contributed by atoms with Gasteiger partial charge in [-0.15, -0.1) is 0 Å². The molecule has 1 rings (SSSR count). The van der Waals surface area contributed by atoms with E-state index in [4.69, 9.17) is 5.73 Å². The van der Waals surface area contributed by atoms with Crippen molar-refractivity contribution >= 4 is 5.91 Å². The Kier molecular flexibility index (Phi) is 6.52. The molecule has 17 heavy (non-hydrogen) atoms. The van der Waals surface area contributed by atoms with Crippen molar-refractivity contribution in [2.24, 2.45) is 11.7 Å². The highest BCUT2D eigenvalue weighted by Crippen LogP contribution is 2.21. The molecular weight excluding hydrogens is 214 g/mol. The monoisotopic (exact) mass is 241 g/mol. The fraction of sp³-hybridized carbons (Fsp3) is 0.923. The molecule has 0 bridgehead atoms. The lowest BCUT2D eigenvalue weighted by Gasteiger charge is -2.24. The summed E-state index contributed by atoms with van der Waals surface area (Å²) in [6, 6.07) is 0.730. The number of carbonyl (C=O) groups excluding carboxylic acids is 1. The summed E-state index contributed by atoms with van der Waals surface area (Å²) >= 11 is 0. The first-order chi connectivity index (χ1) is 8.15. The van der Waals surface area contributed by atoms with Crippen molar-refractivity contribution < 1.29 is 4.79 Å². The molecule has 1 atom stereocenters. The predicted octanol–water partition coefficient (Wildman–Crippen LogP) is 0.962. The van der Waals surface area contributed by atoms with Crippen LogP contribution in [0.5, 0.6) is 0 Å². The first-order valence-corrected chi connectivity index (χ1v) is 6.83. The lowest BCUT2D eigenvalue weighted by atomic mass is 10.1. The molecule has 1 unspecified atom stereocenters. The molecule has 0 aromatic carbocycles. The van der Waals surface area contributed by atoms with Crippen LogP contribution >= 0.6 is 0 Å². The number of rotatable bonds is 7. The van der Waals surface area contributed by atoms with Crippen molar-refractivity contribution in [3.63, 3.8) is 0 Å².